The largest absolute Gasteiger partial charge is 0.368 e. The van der Waals surface area contributed by atoms with E-state index in [9.17, 15) is 4.79 Å². The van der Waals surface area contributed by atoms with Crippen LogP contribution in [-0.4, -0.2) is 67.1 Å². The molecule has 6 nitrogen and oxygen atoms in total. The Morgan fingerprint density at radius 3 is 2.68 bits per heavy atom. The molecular weight excluding hydrogens is 336 g/mol. The van der Waals surface area contributed by atoms with Gasteiger partial charge in [-0.2, -0.15) is 0 Å². The number of ether oxygens (including phenoxy) is 1. The summed E-state index contributed by atoms with van der Waals surface area (Å²) in [6, 6.07) is 4.28. The molecule has 2 aliphatic heterocycles. The van der Waals surface area contributed by atoms with Crippen molar-refractivity contribution in [2.24, 2.45) is 4.99 Å². The molecule has 1 aromatic heterocycles. The second kappa shape index (κ2) is 8.67. The fourth-order valence-electron chi connectivity index (χ4n) is 3.26. The van der Waals surface area contributed by atoms with Gasteiger partial charge in [0.2, 0.25) is 0 Å². The Balaban J connectivity index is 1.55. The molecule has 1 aromatic rings. The highest BCUT2D eigenvalue weighted by Crippen LogP contribution is 2.17. The van der Waals surface area contributed by atoms with Crippen LogP contribution in [0.3, 0.4) is 0 Å². The van der Waals surface area contributed by atoms with Crippen molar-refractivity contribution in [3.63, 3.8) is 0 Å². The van der Waals surface area contributed by atoms with E-state index in [-0.39, 0.29) is 12.0 Å². The van der Waals surface area contributed by atoms with Crippen LogP contribution in [0, 0.1) is 6.92 Å². The molecule has 0 spiro atoms. The summed E-state index contributed by atoms with van der Waals surface area (Å²) in [6.07, 6.45) is 1.65. The highest BCUT2D eigenvalue weighted by Gasteiger charge is 2.30. The number of rotatable bonds is 4. The number of carbonyl (C=O) groups is 1. The molecule has 0 radical (unpaired) electrons. The minimum absolute atomic E-state index is 0.160. The van der Waals surface area contributed by atoms with E-state index < -0.39 is 0 Å². The molecule has 25 heavy (non-hydrogen) atoms. The lowest BCUT2D eigenvalue weighted by Gasteiger charge is -2.37. The Kier molecular flexibility index (Phi) is 6.31. The van der Waals surface area contributed by atoms with E-state index >= 15 is 0 Å². The molecule has 1 N–H and O–H groups in total. The third-order valence-electron chi connectivity index (χ3n) is 4.61. The van der Waals surface area contributed by atoms with Crippen molar-refractivity contribution in [2.45, 2.75) is 39.3 Å². The Bertz CT molecular complexity index is 602. The zero-order chi connectivity index (χ0) is 17.6. The molecule has 0 aliphatic carbocycles. The van der Waals surface area contributed by atoms with Gasteiger partial charge in [0, 0.05) is 49.1 Å². The summed E-state index contributed by atoms with van der Waals surface area (Å²) in [5.74, 6) is 1.10. The summed E-state index contributed by atoms with van der Waals surface area (Å²) in [5.41, 5.74) is 0. The molecule has 138 valence electrons. The topological polar surface area (TPSA) is 57.2 Å². The lowest BCUT2D eigenvalue weighted by Crippen LogP contribution is -2.55. The Labute approximate surface area is 153 Å². The van der Waals surface area contributed by atoms with Crippen LogP contribution in [0.25, 0.3) is 0 Å². The van der Waals surface area contributed by atoms with Gasteiger partial charge in [0.15, 0.2) is 5.96 Å². The van der Waals surface area contributed by atoms with Crippen LogP contribution in [0.1, 0.15) is 29.5 Å². The standard InChI is InChI=1S/C18H28N4O2S/c1-3-19-18(20-13-15-7-6-14(2)25-15)22-10-8-21(9-11-22)17(23)16-5-4-12-24-16/h6-7,16H,3-5,8-13H2,1-2H3,(H,19,20). The molecule has 0 saturated carbocycles. The molecule has 2 fully saturated rings. The summed E-state index contributed by atoms with van der Waals surface area (Å²) in [6.45, 7) is 9.57. The lowest BCUT2D eigenvalue weighted by molar-refractivity contribution is -0.142. The number of guanidine groups is 1. The summed E-state index contributed by atoms with van der Waals surface area (Å²) in [5, 5.41) is 3.38. The monoisotopic (exact) mass is 364 g/mol. The van der Waals surface area contributed by atoms with Crippen LogP contribution in [-0.2, 0) is 16.1 Å². The van der Waals surface area contributed by atoms with Crippen molar-refractivity contribution in [3.8, 4) is 0 Å². The van der Waals surface area contributed by atoms with Crippen molar-refractivity contribution >= 4 is 23.2 Å². The van der Waals surface area contributed by atoms with Gasteiger partial charge in [0.05, 0.1) is 6.54 Å². The molecule has 0 bridgehead atoms. The zero-order valence-corrected chi connectivity index (χ0v) is 16.0. The number of nitrogens with zero attached hydrogens (tertiary/aromatic N) is 3. The second-order valence-electron chi connectivity index (χ2n) is 6.50. The van der Waals surface area contributed by atoms with Crippen LogP contribution in [0.5, 0.6) is 0 Å². The summed E-state index contributed by atoms with van der Waals surface area (Å²) < 4.78 is 5.53. The van der Waals surface area contributed by atoms with Gasteiger partial charge in [0.1, 0.15) is 6.10 Å². The molecule has 0 aromatic carbocycles. The molecule has 3 heterocycles. The average Bonchev–Trinajstić information content (AvgIpc) is 3.30. The van der Waals surface area contributed by atoms with Crippen LogP contribution in [0.4, 0.5) is 0 Å². The number of hydrogen-bond acceptors (Lipinski definition) is 4. The summed E-state index contributed by atoms with van der Waals surface area (Å²) in [7, 11) is 0. The minimum atomic E-state index is -0.212. The van der Waals surface area contributed by atoms with Crippen molar-refractivity contribution in [2.75, 3.05) is 39.3 Å². The zero-order valence-electron chi connectivity index (χ0n) is 15.2. The maximum absolute atomic E-state index is 12.5. The van der Waals surface area contributed by atoms with E-state index in [1.807, 2.05) is 4.90 Å². The first kappa shape index (κ1) is 18.2. The third-order valence-corrected chi connectivity index (χ3v) is 5.60. The Morgan fingerprint density at radius 1 is 1.32 bits per heavy atom. The highest BCUT2D eigenvalue weighted by atomic mass is 32.1. The van der Waals surface area contributed by atoms with Gasteiger partial charge in [0.25, 0.3) is 5.91 Å². The summed E-state index contributed by atoms with van der Waals surface area (Å²) >= 11 is 1.79. The predicted octanol–water partition coefficient (Wildman–Crippen LogP) is 1.85. The van der Waals surface area contributed by atoms with Crippen LogP contribution < -0.4 is 5.32 Å². The number of carbonyl (C=O) groups excluding carboxylic acids is 1. The van der Waals surface area contributed by atoms with Gasteiger partial charge < -0.3 is 19.9 Å². The molecule has 1 atom stereocenters. The molecule has 2 aliphatic rings. The van der Waals surface area contributed by atoms with Crippen molar-refractivity contribution in [1.82, 2.24) is 15.1 Å². The predicted molar refractivity (Wildman–Crippen MR) is 101 cm³/mol. The number of hydrogen-bond donors (Lipinski definition) is 1. The van der Waals surface area contributed by atoms with Gasteiger partial charge in [-0.05, 0) is 38.8 Å². The first-order chi connectivity index (χ1) is 12.2. The van der Waals surface area contributed by atoms with Gasteiger partial charge >= 0.3 is 0 Å². The highest BCUT2D eigenvalue weighted by molar-refractivity contribution is 7.11. The van der Waals surface area contributed by atoms with E-state index in [1.165, 1.54) is 9.75 Å². The Morgan fingerprint density at radius 2 is 2.08 bits per heavy atom. The molecule has 2 saturated heterocycles. The van der Waals surface area contributed by atoms with Crippen molar-refractivity contribution in [1.29, 1.82) is 0 Å². The van der Waals surface area contributed by atoms with E-state index in [0.717, 1.165) is 58.1 Å². The molecule has 1 amide bonds. The molecular formula is C18H28N4O2S. The van der Waals surface area contributed by atoms with E-state index in [0.29, 0.717) is 6.54 Å². The first-order valence-corrected chi connectivity index (χ1v) is 9.98. The summed E-state index contributed by atoms with van der Waals surface area (Å²) in [4.78, 5) is 24.0. The van der Waals surface area contributed by atoms with Crippen LogP contribution >= 0.6 is 11.3 Å². The quantitative estimate of drug-likeness (QED) is 0.654. The van der Waals surface area contributed by atoms with E-state index in [2.05, 4.69) is 36.2 Å². The van der Waals surface area contributed by atoms with Gasteiger partial charge in [-0.25, -0.2) is 4.99 Å². The van der Waals surface area contributed by atoms with Gasteiger partial charge in [-0.15, -0.1) is 11.3 Å². The normalized spacial score (nSPS) is 21.7. The van der Waals surface area contributed by atoms with Crippen LogP contribution in [0.2, 0.25) is 0 Å². The van der Waals surface area contributed by atoms with Gasteiger partial charge in [-0.3, -0.25) is 4.79 Å². The lowest BCUT2D eigenvalue weighted by atomic mass is 10.2. The SMILES string of the molecule is CCNC(=NCc1ccc(C)s1)N1CCN(C(=O)C2CCCO2)CC1. The third kappa shape index (κ3) is 4.73. The van der Waals surface area contributed by atoms with Crippen LogP contribution in [0.15, 0.2) is 17.1 Å². The number of nitrogens with one attached hydrogen (secondary N) is 1. The van der Waals surface area contributed by atoms with Crippen molar-refractivity contribution in [3.05, 3.63) is 21.9 Å². The maximum atomic E-state index is 12.5. The number of amides is 1. The van der Waals surface area contributed by atoms with E-state index in [4.69, 9.17) is 9.73 Å². The minimum Gasteiger partial charge on any atom is -0.368 e. The number of aryl methyl sites for hydroxylation is 1. The number of aliphatic imine (C=N–C) groups is 1. The second-order valence-corrected chi connectivity index (χ2v) is 7.87. The smallest absolute Gasteiger partial charge is 0.251 e. The number of thiophene rings is 1. The first-order valence-electron chi connectivity index (χ1n) is 9.16. The maximum Gasteiger partial charge on any atom is 0.251 e. The fourth-order valence-corrected chi connectivity index (χ4v) is 4.08. The Hall–Kier alpha value is -1.60. The average molecular weight is 365 g/mol. The number of piperazine rings is 1. The fraction of sp³-hybridized carbons (Fsp3) is 0.667. The molecule has 7 heteroatoms. The molecule has 3 rings (SSSR count). The van der Waals surface area contributed by atoms with Gasteiger partial charge in [-0.1, -0.05) is 0 Å². The van der Waals surface area contributed by atoms with Crippen molar-refractivity contribution < 1.29 is 9.53 Å². The van der Waals surface area contributed by atoms with E-state index in [1.54, 1.807) is 11.3 Å². The molecule has 1 unspecified atom stereocenters.